The van der Waals surface area contributed by atoms with Crippen molar-refractivity contribution in [3.05, 3.63) is 58.9 Å². The number of para-hydroxylation sites is 1. The molecular formula is C18H16ClFN2O2. The molecule has 24 heavy (non-hydrogen) atoms. The lowest BCUT2D eigenvalue weighted by Crippen LogP contribution is -2.35. The van der Waals surface area contributed by atoms with Gasteiger partial charge in [-0.3, -0.25) is 9.59 Å². The van der Waals surface area contributed by atoms with E-state index in [9.17, 15) is 14.0 Å². The lowest BCUT2D eigenvalue weighted by atomic mass is 10.0. The van der Waals surface area contributed by atoms with E-state index < -0.39 is 23.0 Å². The number of amides is 2. The van der Waals surface area contributed by atoms with Crippen molar-refractivity contribution in [1.29, 1.82) is 0 Å². The molecule has 0 saturated heterocycles. The third kappa shape index (κ3) is 3.12. The predicted octanol–water partition coefficient (Wildman–Crippen LogP) is 4.14. The molecule has 3 rings (SSSR count). The van der Waals surface area contributed by atoms with Gasteiger partial charge in [0.2, 0.25) is 11.8 Å². The fourth-order valence-electron chi connectivity index (χ4n) is 2.41. The van der Waals surface area contributed by atoms with Gasteiger partial charge in [0.15, 0.2) is 0 Å². The van der Waals surface area contributed by atoms with E-state index in [4.69, 9.17) is 11.6 Å². The van der Waals surface area contributed by atoms with E-state index in [1.807, 2.05) is 6.92 Å². The van der Waals surface area contributed by atoms with Gasteiger partial charge in [0.25, 0.3) is 0 Å². The van der Waals surface area contributed by atoms with Crippen molar-refractivity contribution in [1.82, 2.24) is 0 Å². The summed E-state index contributed by atoms with van der Waals surface area (Å²) >= 11 is 6.04. The topological polar surface area (TPSA) is 58.2 Å². The van der Waals surface area contributed by atoms with Crippen LogP contribution in [0.5, 0.6) is 0 Å². The first-order chi connectivity index (χ1) is 11.4. The maximum Gasteiger partial charge on any atom is 0.240 e. The number of hydrogen-bond acceptors (Lipinski definition) is 2. The van der Waals surface area contributed by atoms with Gasteiger partial charge in [-0.1, -0.05) is 29.8 Å². The Morgan fingerprint density at radius 3 is 2.38 bits per heavy atom. The molecule has 0 heterocycles. The minimum absolute atomic E-state index is 0.0694. The highest BCUT2D eigenvalue weighted by atomic mass is 35.5. The summed E-state index contributed by atoms with van der Waals surface area (Å²) in [6, 6.07) is 11.0. The van der Waals surface area contributed by atoms with Crippen LogP contribution in [-0.4, -0.2) is 11.8 Å². The van der Waals surface area contributed by atoms with Gasteiger partial charge in [-0.15, -0.1) is 0 Å². The van der Waals surface area contributed by atoms with E-state index in [-0.39, 0.29) is 5.69 Å². The Hall–Kier alpha value is -2.40. The predicted molar refractivity (Wildman–Crippen MR) is 91.5 cm³/mol. The summed E-state index contributed by atoms with van der Waals surface area (Å²) in [5, 5.41) is 5.75. The molecule has 0 aliphatic heterocycles. The second-order valence-corrected chi connectivity index (χ2v) is 6.34. The van der Waals surface area contributed by atoms with Crippen molar-refractivity contribution in [3.63, 3.8) is 0 Å². The minimum atomic E-state index is -1.15. The van der Waals surface area contributed by atoms with Crippen LogP contribution in [-0.2, 0) is 9.59 Å². The number of carbonyl (C=O) groups is 2. The fraction of sp³-hybridized carbons (Fsp3) is 0.222. The number of hydrogen-bond donors (Lipinski definition) is 2. The third-order valence-electron chi connectivity index (χ3n) is 4.17. The van der Waals surface area contributed by atoms with Crippen molar-refractivity contribution in [2.45, 2.75) is 19.8 Å². The zero-order valence-electron chi connectivity index (χ0n) is 13.0. The van der Waals surface area contributed by atoms with Crippen LogP contribution in [0.25, 0.3) is 0 Å². The van der Waals surface area contributed by atoms with Crippen molar-refractivity contribution < 1.29 is 14.0 Å². The molecule has 0 bridgehead atoms. The quantitative estimate of drug-likeness (QED) is 0.817. The SMILES string of the molecule is Cc1ccc(NC(=O)C2(C(=O)Nc3ccccc3F)CC2)cc1Cl. The molecule has 4 nitrogen and oxygen atoms in total. The number of anilines is 2. The summed E-state index contributed by atoms with van der Waals surface area (Å²) in [6.45, 7) is 1.86. The molecule has 1 aliphatic rings. The summed E-state index contributed by atoms with van der Waals surface area (Å²) in [4.78, 5) is 24.9. The third-order valence-corrected chi connectivity index (χ3v) is 4.58. The Balaban J connectivity index is 1.73. The van der Waals surface area contributed by atoms with E-state index in [2.05, 4.69) is 10.6 Å². The van der Waals surface area contributed by atoms with Crippen molar-refractivity contribution in [3.8, 4) is 0 Å². The van der Waals surface area contributed by atoms with Gasteiger partial charge in [0.1, 0.15) is 11.2 Å². The number of aryl methyl sites for hydroxylation is 1. The highest BCUT2D eigenvalue weighted by Crippen LogP contribution is 2.47. The van der Waals surface area contributed by atoms with Crippen LogP contribution in [0.3, 0.4) is 0 Å². The van der Waals surface area contributed by atoms with Crippen molar-refractivity contribution in [2.24, 2.45) is 5.41 Å². The molecule has 6 heteroatoms. The molecule has 1 fully saturated rings. The van der Waals surface area contributed by atoms with E-state index in [1.165, 1.54) is 18.2 Å². The standard InChI is InChI=1S/C18H16ClFN2O2/c1-11-6-7-12(10-13(11)19)21-16(23)18(8-9-18)17(24)22-15-5-3-2-4-14(15)20/h2-7,10H,8-9H2,1H3,(H,21,23)(H,22,24). The second-order valence-electron chi connectivity index (χ2n) is 5.93. The van der Waals surface area contributed by atoms with E-state index >= 15 is 0 Å². The van der Waals surface area contributed by atoms with Gasteiger partial charge >= 0.3 is 0 Å². The molecule has 1 saturated carbocycles. The van der Waals surface area contributed by atoms with E-state index in [1.54, 1.807) is 24.3 Å². The molecule has 0 unspecified atom stereocenters. The summed E-state index contributed by atoms with van der Waals surface area (Å²) in [7, 11) is 0. The summed E-state index contributed by atoms with van der Waals surface area (Å²) in [6.07, 6.45) is 0.859. The second kappa shape index (κ2) is 6.24. The molecule has 2 aromatic rings. The van der Waals surface area contributed by atoms with Crippen LogP contribution < -0.4 is 10.6 Å². The Morgan fingerprint density at radius 2 is 1.75 bits per heavy atom. The van der Waals surface area contributed by atoms with Gasteiger partial charge in [-0.25, -0.2) is 4.39 Å². The highest BCUT2D eigenvalue weighted by molar-refractivity contribution is 6.31. The van der Waals surface area contributed by atoms with Crippen LogP contribution >= 0.6 is 11.6 Å². The number of rotatable bonds is 4. The zero-order valence-corrected chi connectivity index (χ0v) is 13.8. The summed E-state index contributed by atoms with van der Waals surface area (Å²) < 4.78 is 13.7. The van der Waals surface area contributed by atoms with Crippen LogP contribution in [0.1, 0.15) is 18.4 Å². The highest BCUT2D eigenvalue weighted by Gasteiger charge is 2.56. The van der Waals surface area contributed by atoms with Crippen molar-refractivity contribution in [2.75, 3.05) is 10.6 Å². The minimum Gasteiger partial charge on any atom is -0.325 e. The van der Waals surface area contributed by atoms with Crippen LogP contribution in [0.4, 0.5) is 15.8 Å². The average molecular weight is 347 g/mol. The Morgan fingerprint density at radius 1 is 1.08 bits per heavy atom. The van der Waals surface area contributed by atoms with E-state index in [0.717, 1.165) is 5.56 Å². The van der Waals surface area contributed by atoms with Crippen LogP contribution in [0.15, 0.2) is 42.5 Å². The molecule has 2 N–H and O–H groups in total. The first-order valence-corrected chi connectivity index (χ1v) is 7.94. The number of carbonyl (C=O) groups excluding carboxylic acids is 2. The Bertz CT molecular complexity index is 818. The fourth-order valence-corrected chi connectivity index (χ4v) is 2.59. The van der Waals surface area contributed by atoms with Gasteiger partial charge in [-0.05, 0) is 49.6 Å². The van der Waals surface area contributed by atoms with Crippen molar-refractivity contribution >= 4 is 34.8 Å². The molecule has 1 aliphatic carbocycles. The van der Waals surface area contributed by atoms with E-state index in [0.29, 0.717) is 23.6 Å². The summed E-state index contributed by atoms with van der Waals surface area (Å²) in [5.74, 6) is -1.44. The lowest BCUT2D eigenvalue weighted by Gasteiger charge is -2.16. The van der Waals surface area contributed by atoms with Gasteiger partial charge < -0.3 is 10.6 Å². The molecule has 124 valence electrons. The first-order valence-electron chi connectivity index (χ1n) is 7.56. The lowest BCUT2D eigenvalue weighted by molar-refractivity contribution is -0.131. The maximum atomic E-state index is 13.7. The van der Waals surface area contributed by atoms with Gasteiger partial charge in [0.05, 0.1) is 5.69 Å². The van der Waals surface area contributed by atoms with Gasteiger partial charge in [0, 0.05) is 10.7 Å². The van der Waals surface area contributed by atoms with Crippen LogP contribution in [0.2, 0.25) is 5.02 Å². The smallest absolute Gasteiger partial charge is 0.240 e. The summed E-state index contributed by atoms with van der Waals surface area (Å²) in [5.41, 5.74) is 0.341. The number of halogens is 2. The maximum absolute atomic E-state index is 13.7. The molecule has 0 radical (unpaired) electrons. The van der Waals surface area contributed by atoms with Gasteiger partial charge in [-0.2, -0.15) is 0 Å². The van der Waals surface area contributed by atoms with Crippen LogP contribution in [0, 0.1) is 18.2 Å². The zero-order chi connectivity index (χ0) is 17.3. The largest absolute Gasteiger partial charge is 0.325 e. The number of nitrogens with one attached hydrogen (secondary N) is 2. The normalized spacial score (nSPS) is 14.8. The molecule has 0 aromatic heterocycles. The Labute approximate surface area is 144 Å². The first kappa shape index (κ1) is 16.5. The molecule has 2 aromatic carbocycles. The number of benzene rings is 2. The molecule has 2 amide bonds. The molecular weight excluding hydrogens is 331 g/mol. The Kier molecular flexibility index (Phi) is 4.28. The molecule has 0 atom stereocenters. The monoisotopic (exact) mass is 346 g/mol. The molecule has 0 spiro atoms. The average Bonchev–Trinajstić information content (AvgIpc) is 3.35.